The Kier molecular flexibility index (Phi) is 3.04. The number of rotatable bonds is 2. The number of halogens is 3. The predicted molar refractivity (Wildman–Crippen MR) is 56.8 cm³/mol. The average molecular weight is 257 g/mol. The molecule has 0 spiro atoms. The zero-order valence-electron chi connectivity index (χ0n) is 9.44. The maximum absolute atomic E-state index is 12.4. The van der Waals surface area contributed by atoms with Gasteiger partial charge in [0.1, 0.15) is 0 Å². The second-order valence-corrected chi connectivity index (χ2v) is 3.68. The highest BCUT2D eigenvalue weighted by Crippen LogP contribution is 2.28. The molecule has 0 aliphatic heterocycles. The Labute approximate surface area is 100 Å². The van der Waals surface area contributed by atoms with Crippen LogP contribution in [0.25, 0.3) is 5.95 Å². The average Bonchev–Trinajstić information content (AvgIpc) is 2.77. The van der Waals surface area contributed by atoms with Crippen molar-refractivity contribution in [2.24, 2.45) is 5.73 Å². The first-order valence-corrected chi connectivity index (χ1v) is 5.07. The summed E-state index contributed by atoms with van der Waals surface area (Å²) >= 11 is 0. The minimum atomic E-state index is -4.43. The van der Waals surface area contributed by atoms with Crippen LogP contribution in [-0.4, -0.2) is 19.7 Å². The van der Waals surface area contributed by atoms with Crippen molar-refractivity contribution in [3.8, 4) is 5.95 Å². The van der Waals surface area contributed by atoms with Gasteiger partial charge in [0.05, 0.1) is 17.5 Å². The fourth-order valence-electron chi connectivity index (χ4n) is 1.40. The molecule has 0 aliphatic carbocycles. The van der Waals surface area contributed by atoms with Crippen LogP contribution in [0.3, 0.4) is 0 Å². The first-order chi connectivity index (χ1) is 8.40. The minimum absolute atomic E-state index is 0.0750. The molecule has 0 radical (unpaired) electrons. The molecule has 0 aliphatic rings. The summed E-state index contributed by atoms with van der Waals surface area (Å²) in [7, 11) is 0. The van der Waals surface area contributed by atoms with Crippen LogP contribution in [0.15, 0.2) is 18.5 Å². The normalized spacial score (nSPS) is 11.8. The zero-order chi connectivity index (χ0) is 13.3. The second kappa shape index (κ2) is 4.37. The van der Waals surface area contributed by atoms with E-state index in [4.69, 9.17) is 5.73 Å². The van der Waals surface area contributed by atoms with Crippen molar-refractivity contribution in [2.45, 2.75) is 19.6 Å². The molecule has 8 heteroatoms. The number of hydrogen-bond acceptors (Lipinski definition) is 4. The van der Waals surface area contributed by atoms with Crippen LogP contribution in [0.2, 0.25) is 0 Å². The Morgan fingerprint density at radius 2 is 2.06 bits per heavy atom. The highest BCUT2D eigenvalue weighted by Gasteiger charge is 2.32. The van der Waals surface area contributed by atoms with Gasteiger partial charge in [0, 0.05) is 18.4 Å². The molecule has 0 bridgehead atoms. The summed E-state index contributed by atoms with van der Waals surface area (Å²) in [6, 6.07) is 1.66. The van der Waals surface area contributed by atoms with E-state index >= 15 is 0 Å². The van der Waals surface area contributed by atoms with Gasteiger partial charge in [0.2, 0.25) is 0 Å². The number of nitrogens with two attached hydrogens (primary N) is 1. The van der Waals surface area contributed by atoms with Gasteiger partial charge in [-0.2, -0.15) is 18.3 Å². The topological polar surface area (TPSA) is 69.6 Å². The molecule has 2 rings (SSSR count). The largest absolute Gasteiger partial charge is 0.419 e. The summed E-state index contributed by atoms with van der Waals surface area (Å²) in [5, 5.41) is 3.60. The molecule has 18 heavy (non-hydrogen) atoms. The third-order valence-corrected chi connectivity index (χ3v) is 2.22. The monoisotopic (exact) mass is 257 g/mol. The van der Waals surface area contributed by atoms with E-state index in [0.29, 0.717) is 11.4 Å². The molecule has 96 valence electrons. The van der Waals surface area contributed by atoms with Gasteiger partial charge < -0.3 is 5.73 Å². The second-order valence-electron chi connectivity index (χ2n) is 3.68. The molecule has 0 saturated heterocycles. The van der Waals surface area contributed by atoms with Crippen molar-refractivity contribution < 1.29 is 13.2 Å². The number of aryl methyl sites for hydroxylation is 1. The molecule has 5 nitrogen and oxygen atoms in total. The number of nitrogens with zero attached hydrogens (tertiary/aromatic N) is 4. The van der Waals surface area contributed by atoms with E-state index in [9.17, 15) is 13.2 Å². The Bertz CT molecular complexity index is 561. The van der Waals surface area contributed by atoms with Crippen molar-refractivity contribution in [1.29, 1.82) is 0 Å². The van der Waals surface area contributed by atoms with Crippen LogP contribution in [0.4, 0.5) is 13.2 Å². The van der Waals surface area contributed by atoms with E-state index in [1.165, 1.54) is 0 Å². The summed E-state index contributed by atoms with van der Waals surface area (Å²) in [6.07, 6.45) is -2.86. The van der Waals surface area contributed by atoms with E-state index < -0.39 is 11.7 Å². The molecule has 0 amide bonds. The lowest BCUT2D eigenvalue weighted by molar-refractivity contribution is -0.137. The third kappa shape index (κ3) is 2.48. The molecular formula is C10H10F3N5. The first-order valence-electron chi connectivity index (χ1n) is 5.07. The summed E-state index contributed by atoms with van der Waals surface area (Å²) in [5.74, 6) is 0.0750. The quantitative estimate of drug-likeness (QED) is 0.884. The van der Waals surface area contributed by atoms with Crippen molar-refractivity contribution in [3.63, 3.8) is 0 Å². The fraction of sp³-hybridized carbons (Fsp3) is 0.300. The Hall–Kier alpha value is -1.96. The lowest BCUT2D eigenvalue weighted by Crippen LogP contribution is -2.08. The van der Waals surface area contributed by atoms with E-state index in [-0.39, 0.29) is 12.5 Å². The van der Waals surface area contributed by atoms with Crippen LogP contribution in [0.1, 0.15) is 17.0 Å². The summed E-state index contributed by atoms with van der Waals surface area (Å²) in [6.45, 7) is 1.89. The molecule has 2 heterocycles. The van der Waals surface area contributed by atoms with Gasteiger partial charge in [-0.05, 0) is 13.0 Å². The molecule has 2 aromatic heterocycles. The molecule has 0 aromatic carbocycles. The van der Waals surface area contributed by atoms with E-state index in [1.54, 1.807) is 13.0 Å². The highest BCUT2D eigenvalue weighted by molar-refractivity contribution is 5.20. The fourth-order valence-corrected chi connectivity index (χ4v) is 1.40. The maximum atomic E-state index is 12.4. The number of aromatic nitrogens is 4. The Morgan fingerprint density at radius 1 is 1.33 bits per heavy atom. The summed E-state index contributed by atoms with van der Waals surface area (Å²) in [4.78, 5) is 8.03. The van der Waals surface area contributed by atoms with Gasteiger partial charge in [-0.15, -0.1) is 0 Å². The zero-order valence-corrected chi connectivity index (χ0v) is 9.44. The smallest absolute Gasteiger partial charge is 0.325 e. The van der Waals surface area contributed by atoms with Crippen LogP contribution >= 0.6 is 0 Å². The highest BCUT2D eigenvalue weighted by atomic mass is 19.4. The molecule has 0 saturated carbocycles. The van der Waals surface area contributed by atoms with Crippen molar-refractivity contribution in [3.05, 3.63) is 35.4 Å². The van der Waals surface area contributed by atoms with E-state index in [0.717, 1.165) is 17.1 Å². The van der Waals surface area contributed by atoms with Crippen LogP contribution < -0.4 is 5.73 Å². The Morgan fingerprint density at radius 3 is 2.61 bits per heavy atom. The molecule has 2 N–H and O–H groups in total. The van der Waals surface area contributed by atoms with Crippen molar-refractivity contribution >= 4 is 0 Å². The minimum Gasteiger partial charge on any atom is -0.325 e. The lowest BCUT2D eigenvalue weighted by Gasteiger charge is -2.04. The molecule has 2 aromatic rings. The van der Waals surface area contributed by atoms with Gasteiger partial charge >= 0.3 is 6.18 Å². The summed E-state index contributed by atoms with van der Waals surface area (Å²) < 4.78 is 38.3. The summed E-state index contributed by atoms with van der Waals surface area (Å²) in [5.41, 5.74) is 5.75. The van der Waals surface area contributed by atoms with Gasteiger partial charge in [-0.3, -0.25) is 0 Å². The van der Waals surface area contributed by atoms with Crippen LogP contribution in [0, 0.1) is 6.92 Å². The first kappa shape index (κ1) is 12.5. The van der Waals surface area contributed by atoms with Crippen LogP contribution in [-0.2, 0) is 12.7 Å². The van der Waals surface area contributed by atoms with Crippen molar-refractivity contribution in [2.75, 3.05) is 0 Å². The molecule has 0 unspecified atom stereocenters. The lowest BCUT2D eigenvalue weighted by atomic mass is 10.3. The molecule has 0 atom stereocenters. The van der Waals surface area contributed by atoms with E-state index in [2.05, 4.69) is 15.1 Å². The number of hydrogen-bond donors (Lipinski definition) is 1. The third-order valence-electron chi connectivity index (χ3n) is 2.22. The van der Waals surface area contributed by atoms with Gasteiger partial charge in [0.25, 0.3) is 5.95 Å². The van der Waals surface area contributed by atoms with E-state index in [1.807, 2.05) is 0 Å². The van der Waals surface area contributed by atoms with Gasteiger partial charge in [0.15, 0.2) is 0 Å². The Balaban J connectivity index is 2.43. The SMILES string of the molecule is Cc1cc(CN)nc(-n2cc(C(F)(F)F)cn2)n1. The standard InChI is InChI=1S/C10H10F3N5/c1-6-2-8(3-14)17-9(16-6)18-5-7(4-15-18)10(11,12)13/h2,4-5H,3,14H2,1H3. The van der Waals surface area contributed by atoms with Crippen LogP contribution in [0.5, 0.6) is 0 Å². The predicted octanol–water partition coefficient (Wildman–Crippen LogP) is 1.45. The van der Waals surface area contributed by atoms with Gasteiger partial charge in [-0.1, -0.05) is 0 Å². The molecule has 0 fully saturated rings. The maximum Gasteiger partial charge on any atom is 0.419 e. The number of alkyl halides is 3. The molecular weight excluding hydrogens is 247 g/mol. The van der Waals surface area contributed by atoms with Gasteiger partial charge in [-0.25, -0.2) is 14.6 Å². The van der Waals surface area contributed by atoms with Crippen molar-refractivity contribution in [1.82, 2.24) is 19.7 Å².